The molecule has 13 nitrogen and oxygen atoms in total. The van der Waals surface area contributed by atoms with E-state index in [1.54, 1.807) is 0 Å². The molecule has 1 fully saturated rings. The Balaban J connectivity index is 2.07. The summed E-state index contributed by atoms with van der Waals surface area (Å²) in [7, 11) is -4.70. The Kier molecular flexibility index (Phi) is 8.14. The lowest BCUT2D eigenvalue weighted by Crippen LogP contribution is -2.59. The van der Waals surface area contributed by atoms with Crippen molar-refractivity contribution in [3.63, 3.8) is 0 Å². The van der Waals surface area contributed by atoms with E-state index in [9.17, 15) is 32.0 Å². The average molecular weight is 550 g/mol. The summed E-state index contributed by atoms with van der Waals surface area (Å²) in [6, 6.07) is 1.22. The number of benzene rings is 1. The Morgan fingerprint density at radius 1 is 1.03 bits per heavy atom. The van der Waals surface area contributed by atoms with Crippen LogP contribution in [0.4, 0.5) is 8.78 Å². The Bertz CT molecular complexity index is 1400. The molecule has 1 N–H and O–H groups in total. The van der Waals surface area contributed by atoms with Gasteiger partial charge in [0.1, 0.15) is 5.75 Å². The van der Waals surface area contributed by atoms with Crippen LogP contribution in [0.5, 0.6) is 5.75 Å². The molecule has 16 heteroatoms. The number of hydrogen-bond donors (Lipinski definition) is 1. The van der Waals surface area contributed by atoms with Crippen LogP contribution >= 0.6 is 0 Å². The van der Waals surface area contributed by atoms with Crippen LogP contribution in [0.2, 0.25) is 0 Å². The van der Waals surface area contributed by atoms with E-state index in [0.717, 1.165) is 20.8 Å². The molecule has 4 atom stereocenters. The molecule has 202 valence electrons. The number of carbonyl (C=O) groups is 3. The third kappa shape index (κ3) is 6.78. The van der Waals surface area contributed by atoms with E-state index in [0.29, 0.717) is 12.1 Å². The first-order chi connectivity index (χ1) is 17.2. The molecule has 3 rings (SSSR count). The minimum Gasteiger partial charge on any atom is -0.456 e. The zero-order chi connectivity index (χ0) is 27.7. The van der Waals surface area contributed by atoms with Gasteiger partial charge in [0.05, 0.1) is 6.61 Å². The van der Waals surface area contributed by atoms with E-state index in [-0.39, 0.29) is 0 Å². The lowest BCUT2D eigenvalue weighted by Gasteiger charge is -2.40. The number of ether oxygens (including phenoxy) is 5. The van der Waals surface area contributed by atoms with Crippen molar-refractivity contribution in [2.24, 2.45) is 0 Å². The third-order valence-electron chi connectivity index (χ3n) is 4.85. The fourth-order valence-corrected chi connectivity index (χ4v) is 4.25. The number of fused-ring (bicyclic) bond motifs is 1. The molecule has 0 radical (unpaired) electrons. The molecule has 1 saturated heterocycles. The lowest BCUT2D eigenvalue weighted by atomic mass is 10.0. The number of carbonyl (C=O) groups excluding carboxylic acids is 3. The normalized spacial score (nSPS) is 21.8. The van der Waals surface area contributed by atoms with E-state index in [2.05, 4.69) is 0 Å². The van der Waals surface area contributed by atoms with E-state index < -0.39 is 105 Å². The molecule has 0 saturated carbocycles. The molecule has 0 amide bonds. The Morgan fingerprint density at radius 2 is 1.62 bits per heavy atom. The highest BCUT2D eigenvalue weighted by Gasteiger charge is 2.48. The highest BCUT2D eigenvalue weighted by molar-refractivity contribution is 7.85. The van der Waals surface area contributed by atoms with Crippen LogP contribution in [0.1, 0.15) is 26.3 Å². The summed E-state index contributed by atoms with van der Waals surface area (Å²) in [5, 5.41) is -0.492. The van der Waals surface area contributed by atoms with E-state index in [4.69, 9.17) is 32.7 Å². The number of halogens is 2. The molecule has 0 spiro atoms. The van der Waals surface area contributed by atoms with Crippen molar-refractivity contribution in [3.05, 3.63) is 39.8 Å². The fourth-order valence-electron chi connectivity index (χ4n) is 3.62. The number of rotatable bonds is 7. The predicted molar refractivity (Wildman–Crippen MR) is 115 cm³/mol. The average Bonchev–Trinajstić information content (AvgIpc) is 2.73. The second-order valence-electron chi connectivity index (χ2n) is 7.81. The SMILES string of the molecule is CC(=O)OC1[C@H](Oc2c(F)cc3c(CS(=O)(=O)O)cc(=O)oc3c2F)OC[C@@H](OC(C)=O)[C@H]1OC(C)=O. The third-order valence-corrected chi connectivity index (χ3v) is 5.52. The molecule has 1 aromatic carbocycles. The summed E-state index contributed by atoms with van der Waals surface area (Å²) in [6.07, 6.45) is -6.30. The molecule has 0 bridgehead atoms. The lowest BCUT2D eigenvalue weighted by molar-refractivity contribution is -0.260. The van der Waals surface area contributed by atoms with Crippen molar-refractivity contribution in [1.29, 1.82) is 0 Å². The van der Waals surface area contributed by atoms with Crippen molar-refractivity contribution < 1.29 is 64.2 Å². The molecular formula is C21H20F2O13S. The van der Waals surface area contributed by atoms with Crippen LogP contribution in [-0.2, 0) is 49.2 Å². The molecule has 1 unspecified atom stereocenters. The maximum absolute atomic E-state index is 15.3. The summed E-state index contributed by atoms with van der Waals surface area (Å²) in [5.74, 6) is -7.97. The molecule has 1 aliphatic rings. The highest BCUT2D eigenvalue weighted by Crippen LogP contribution is 2.34. The summed E-state index contributed by atoms with van der Waals surface area (Å²) in [4.78, 5) is 46.7. The smallest absolute Gasteiger partial charge is 0.336 e. The van der Waals surface area contributed by atoms with Gasteiger partial charge in [-0.2, -0.15) is 12.8 Å². The summed E-state index contributed by atoms with van der Waals surface area (Å²) >= 11 is 0. The monoisotopic (exact) mass is 550 g/mol. The van der Waals surface area contributed by atoms with Gasteiger partial charge in [0, 0.05) is 32.2 Å². The van der Waals surface area contributed by atoms with Crippen LogP contribution in [0.25, 0.3) is 11.0 Å². The Labute approximate surface area is 206 Å². The van der Waals surface area contributed by atoms with Gasteiger partial charge in [0.2, 0.25) is 18.2 Å². The predicted octanol–water partition coefficient (Wildman–Crippen LogP) is 0.989. The molecule has 1 aliphatic heterocycles. The van der Waals surface area contributed by atoms with E-state index in [1.165, 1.54) is 0 Å². The minimum atomic E-state index is -4.70. The van der Waals surface area contributed by atoms with Gasteiger partial charge in [-0.15, -0.1) is 0 Å². The van der Waals surface area contributed by atoms with Gasteiger partial charge in [-0.1, -0.05) is 0 Å². The van der Waals surface area contributed by atoms with E-state index >= 15 is 4.39 Å². The van der Waals surface area contributed by atoms with E-state index in [1.807, 2.05) is 0 Å². The van der Waals surface area contributed by atoms with Crippen LogP contribution in [0.3, 0.4) is 0 Å². The van der Waals surface area contributed by atoms with Crippen LogP contribution in [0, 0.1) is 11.6 Å². The standard InChI is InChI=1S/C21H20F2O13S/c1-8(24)32-14-6-31-21(20(34-10(3)26)19(14)33-9(2)25)36-18-13(22)5-12-11(7-37(28,29)30)4-15(27)35-17(12)16(18)23/h4-5,14,19-21H,6-7H2,1-3H3,(H,28,29,30)/t14-,19-,20?,21+/m1/s1. The van der Waals surface area contributed by atoms with Crippen molar-refractivity contribution >= 4 is 39.0 Å². The largest absolute Gasteiger partial charge is 0.456 e. The number of hydrogen-bond acceptors (Lipinski definition) is 12. The van der Waals surface area contributed by atoms with Crippen LogP contribution in [-0.4, -0.2) is 62.1 Å². The molecular weight excluding hydrogens is 530 g/mol. The Morgan fingerprint density at radius 3 is 2.19 bits per heavy atom. The van der Waals surface area contributed by atoms with Gasteiger partial charge in [-0.05, 0) is 11.6 Å². The van der Waals surface area contributed by atoms with Crippen molar-refractivity contribution in [3.8, 4) is 5.75 Å². The fraction of sp³-hybridized carbons (Fsp3) is 0.429. The zero-order valence-electron chi connectivity index (χ0n) is 19.4. The summed E-state index contributed by atoms with van der Waals surface area (Å²) in [5.41, 5.74) is -2.57. The van der Waals surface area contributed by atoms with Gasteiger partial charge in [0.25, 0.3) is 10.1 Å². The van der Waals surface area contributed by atoms with Gasteiger partial charge in [0.15, 0.2) is 29.4 Å². The van der Waals surface area contributed by atoms with Gasteiger partial charge in [-0.25, -0.2) is 9.18 Å². The van der Waals surface area contributed by atoms with Gasteiger partial charge >= 0.3 is 23.5 Å². The van der Waals surface area contributed by atoms with Crippen LogP contribution < -0.4 is 10.4 Å². The number of esters is 3. The first-order valence-corrected chi connectivity index (χ1v) is 12.0. The highest BCUT2D eigenvalue weighted by atomic mass is 32.2. The zero-order valence-corrected chi connectivity index (χ0v) is 20.2. The summed E-state index contributed by atoms with van der Waals surface area (Å²) in [6.45, 7) is 2.53. The molecule has 37 heavy (non-hydrogen) atoms. The van der Waals surface area contributed by atoms with Crippen molar-refractivity contribution in [2.45, 2.75) is 51.1 Å². The molecule has 2 heterocycles. The maximum atomic E-state index is 15.3. The van der Waals surface area contributed by atoms with Gasteiger partial charge < -0.3 is 28.1 Å². The second kappa shape index (κ2) is 10.8. The summed E-state index contributed by atoms with van der Waals surface area (Å²) < 4.78 is 92.5. The quantitative estimate of drug-likeness (QED) is 0.223. The first kappa shape index (κ1) is 27.9. The first-order valence-electron chi connectivity index (χ1n) is 10.4. The molecule has 1 aromatic heterocycles. The molecule has 2 aromatic rings. The topological polar surface area (TPSA) is 182 Å². The van der Waals surface area contributed by atoms with Gasteiger partial charge in [-0.3, -0.25) is 18.9 Å². The van der Waals surface area contributed by atoms with Crippen molar-refractivity contribution in [1.82, 2.24) is 0 Å². The maximum Gasteiger partial charge on any atom is 0.336 e. The van der Waals surface area contributed by atoms with Crippen LogP contribution in [0.15, 0.2) is 21.3 Å². The Hall–Kier alpha value is -3.63. The van der Waals surface area contributed by atoms with Crippen molar-refractivity contribution in [2.75, 3.05) is 6.61 Å². The second-order valence-corrected chi connectivity index (χ2v) is 9.26. The minimum absolute atomic E-state index is 0.455. The molecule has 0 aliphatic carbocycles.